The van der Waals surface area contributed by atoms with Crippen LogP contribution < -0.4 is 20.1 Å². The minimum Gasteiger partial charge on any atom is -0.493 e. The lowest BCUT2D eigenvalue weighted by atomic mass is 9.85. The molecule has 2 aromatic carbocycles. The lowest BCUT2D eigenvalue weighted by Crippen LogP contribution is -2.48. The van der Waals surface area contributed by atoms with Gasteiger partial charge in [-0.1, -0.05) is 18.2 Å². The van der Waals surface area contributed by atoms with Crippen molar-refractivity contribution in [3.05, 3.63) is 53.1 Å². The van der Waals surface area contributed by atoms with Crippen molar-refractivity contribution in [3.63, 3.8) is 0 Å². The molecule has 4 rings (SSSR count). The Kier molecular flexibility index (Phi) is 5.76. The van der Waals surface area contributed by atoms with E-state index in [1.165, 1.54) is 5.56 Å². The van der Waals surface area contributed by atoms with Crippen molar-refractivity contribution in [1.29, 1.82) is 0 Å². The Morgan fingerprint density at radius 2 is 1.77 bits per heavy atom. The van der Waals surface area contributed by atoms with E-state index in [9.17, 15) is 9.59 Å². The highest BCUT2D eigenvalue weighted by molar-refractivity contribution is 5.87. The van der Waals surface area contributed by atoms with Crippen molar-refractivity contribution in [1.82, 2.24) is 4.90 Å². The number of hydrogen-bond donors (Lipinski definition) is 1. The minimum atomic E-state index is -0.318. The smallest absolute Gasteiger partial charge is 0.242 e. The summed E-state index contributed by atoms with van der Waals surface area (Å²) < 4.78 is 10.8. The van der Waals surface area contributed by atoms with E-state index in [1.54, 1.807) is 14.2 Å². The molecule has 2 heterocycles. The van der Waals surface area contributed by atoms with Gasteiger partial charge in [0.2, 0.25) is 11.8 Å². The summed E-state index contributed by atoms with van der Waals surface area (Å²) in [6.45, 7) is 3.52. The molecule has 2 aliphatic heterocycles. The average molecular weight is 424 g/mol. The normalized spacial score (nSPS) is 20.0. The summed E-state index contributed by atoms with van der Waals surface area (Å²) in [4.78, 5) is 29.2. The van der Waals surface area contributed by atoms with Gasteiger partial charge in [-0.2, -0.15) is 0 Å². The third kappa shape index (κ3) is 3.92. The number of nitrogens with zero attached hydrogens (tertiary/aromatic N) is 2. The van der Waals surface area contributed by atoms with Crippen molar-refractivity contribution in [2.75, 3.05) is 32.2 Å². The minimum absolute atomic E-state index is 0.0396. The molecule has 2 atom stereocenters. The van der Waals surface area contributed by atoms with Gasteiger partial charge in [0.25, 0.3) is 0 Å². The number of primary amides is 1. The Balaban J connectivity index is 1.54. The van der Waals surface area contributed by atoms with E-state index in [-0.39, 0.29) is 30.3 Å². The van der Waals surface area contributed by atoms with Crippen molar-refractivity contribution in [2.24, 2.45) is 5.73 Å². The Morgan fingerprint density at radius 3 is 2.45 bits per heavy atom. The monoisotopic (exact) mass is 423 g/mol. The Morgan fingerprint density at radius 1 is 1.10 bits per heavy atom. The molecule has 7 nitrogen and oxygen atoms in total. The Labute approximate surface area is 182 Å². The second-order valence-corrected chi connectivity index (χ2v) is 8.27. The van der Waals surface area contributed by atoms with E-state index in [0.29, 0.717) is 31.0 Å². The molecule has 0 aliphatic carbocycles. The summed E-state index contributed by atoms with van der Waals surface area (Å²) in [6.07, 6.45) is 1.39. The van der Waals surface area contributed by atoms with Crippen molar-refractivity contribution in [3.8, 4) is 11.5 Å². The zero-order chi connectivity index (χ0) is 22.1. The number of anilines is 1. The van der Waals surface area contributed by atoms with Crippen LogP contribution in [0.15, 0.2) is 36.4 Å². The number of fused-ring (bicyclic) bond motifs is 2. The molecule has 0 aromatic heterocycles. The third-order valence-electron chi connectivity index (χ3n) is 6.45. The van der Waals surface area contributed by atoms with Gasteiger partial charge in [-0.3, -0.25) is 9.59 Å². The highest BCUT2D eigenvalue weighted by atomic mass is 16.5. The highest BCUT2D eigenvalue weighted by Crippen LogP contribution is 2.38. The second kappa shape index (κ2) is 8.49. The van der Waals surface area contributed by atoms with E-state index in [0.717, 1.165) is 23.2 Å². The molecule has 2 aromatic rings. The van der Waals surface area contributed by atoms with Gasteiger partial charge >= 0.3 is 0 Å². The summed E-state index contributed by atoms with van der Waals surface area (Å²) in [5.74, 6) is 0.819. The van der Waals surface area contributed by atoms with Crippen LogP contribution in [0.2, 0.25) is 0 Å². The van der Waals surface area contributed by atoms with Gasteiger partial charge in [-0.15, -0.1) is 0 Å². The summed E-state index contributed by atoms with van der Waals surface area (Å²) in [7, 11) is 3.24. The van der Waals surface area contributed by atoms with Crippen molar-refractivity contribution in [2.45, 2.75) is 38.3 Å². The number of amides is 2. The maximum absolute atomic E-state index is 13.3. The van der Waals surface area contributed by atoms with E-state index in [1.807, 2.05) is 48.2 Å². The first-order valence-corrected chi connectivity index (χ1v) is 10.6. The summed E-state index contributed by atoms with van der Waals surface area (Å²) in [5.41, 5.74) is 9.73. The molecule has 0 saturated heterocycles. The van der Waals surface area contributed by atoms with Gasteiger partial charge in [0.05, 0.1) is 26.7 Å². The predicted octanol–water partition coefficient (Wildman–Crippen LogP) is 2.46. The van der Waals surface area contributed by atoms with Gasteiger partial charge in [0, 0.05) is 24.8 Å². The molecular weight excluding hydrogens is 394 g/mol. The fraction of sp³-hybridized carbons (Fsp3) is 0.417. The molecular formula is C24H29N3O4. The van der Waals surface area contributed by atoms with Crippen LogP contribution in [0.4, 0.5) is 5.69 Å². The van der Waals surface area contributed by atoms with E-state index in [2.05, 4.69) is 4.90 Å². The standard InChI is InChI=1S/C24H29N3O4/c1-15-10-19(24(25)29)18-6-4-5-7-20(18)27(15)14-23(28)26-9-8-16-11-21(30-2)22(31-3)12-17(16)13-26/h4-7,11-12,15,19H,8-10,13-14H2,1-3H3,(H2,25,29)/t15-,19-/m0/s1. The van der Waals surface area contributed by atoms with E-state index >= 15 is 0 Å². The Hall–Kier alpha value is -3.22. The van der Waals surface area contributed by atoms with E-state index in [4.69, 9.17) is 15.2 Å². The number of carbonyl (C=O) groups excluding carboxylic acids is 2. The number of ether oxygens (including phenoxy) is 2. The molecule has 164 valence electrons. The van der Waals surface area contributed by atoms with Crippen LogP contribution in [0, 0.1) is 0 Å². The fourth-order valence-electron chi connectivity index (χ4n) is 4.73. The van der Waals surface area contributed by atoms with Gasteiger partial charge < -0.3 is 25.0 Å². The van der Waals surface area contributed by atoms with Gasteiger partial charge in [0.15, 0.2) is 11.5 Å². The quantitative estimate of drug-likeness (QED) is 0.799. The molecule has 2 aliphatic rings. The highest BCUT2D eigenvalue weighted by Gasteiger charge is 2.34. The van der Waals surface area contributed by atoms with Crippen LogP contribution in [-0.2, 0) is 22.6 Å². The van der Waals surface area contributed by atoms with Gasteiger partial charge in [-0.05, 0) is 54.7 Å². The van der Waals surface area contributed by atoms with Crippen LogP contribution >= 0.6 is 0 Å². The second-order valence-electron chi connectivity index (χ2n) is 8.27. The molecule has 0 fully saturated rings. The number of carbonyl (C=O) groups is 2. The maximum Gasteiger partial charge on any atom is 0.242 e. The van der Waals surface area contributed by atoms with Crippen LogP contribution in [0.3, 0.4) is 0 Å². The fourth-order valence-corrected chi connectivity index (χ4v) is 4.73. The SMILES string of the molecule is COc1cc2c(cc1OC)CN(C(=O)CN1c3ccccc3[C@@H](C(N)=O)C[C@@H]1C)CC2. The molecule has 0 radical (unpaired) electrons. The Bertz CT molecular complexity index is 1010. The van der Waals surface area contributed by atoms with E-state index < -0.39 is 0 Å². The van der Waals surface area contributed by atoms with Crippen molar-refractivity contribution >= 4 is 17.5 Å². The molecule has 0 saturated carbocycles. The topological polar surface area (TPSA) is 85.1 Å². The number of benzene rings is 2. The van der Waals surface area contributed by atoms with Gasteiger partial charge in [-0.25, -0.2) is 0 Å². The first-order chi connectivity index (χ1) is 14.9. The first kappa shape index (κ1) is 21.0. The zero-order valence-corrected chi connectivity index (χ0v) is 18.3. The molecule has 0 bridgehead atoms. The number of rotatable bonds is 5. The van der Waals surface area contributed by atoms with Gasteiger partial charge in [0.1, 0.15) is 0 Å². The molecule has 2 N–H and O–H groups in total. The number of para-hydroxylation sites is 1. The third-order valence-corrected chi connectivity index (χ3v) is 6.45. The number of nitrogens with two attached hydrogens (primary N) is 1. The molecule has 2 amide bonds. The first-order valence-electron chi connectivity index (χ1n) is 10.6. The lowest BCUT2D eigenvalue weighted by molar-refractivity contribution is -0.130. The van der Waals surface area contributed by atoms with Crippen molar-refractivity contribution < 1.29 is 19.1 Å². The van der Waals surface area contributed by atoms with Crippen LogP contribution in [0.1, 0.15) is 36.0 Å². The summed E-state index contributed by atoms with van der Waals surface area (Å²) in [5, 5.41) is 0. The molecule has 7 heteroatoms. The van der Waals surface area contributed by atoms with Crippen LogP contribution in [0.25, 0.3) is 0 Å². The summed E-state index contributed by atoms with van der Waals surface area (Å²) in [6, 6.07) is 11.8. The van der Waals surface area contributed by atoms with Crippen LogP contribution in [-0.4, -0.2) is 50.1 Å². The predicted molar refractivity (Wildman–Crippen MR) is 118 cm³/mol. The largest absolute Gasteiger partial charge is 0.493 e. The summed E-state index contributed by atoms with van der Waals surface area (Å²) >= 11 is 0. The average Bonchev–Trinajstić information content (AvgIpc) is 2.78. The molecule has 0 unspecified atom stereocenters. The zero-order valence-electron chi connectivity index (χ0n) is 18.3. The lowest BCUT2D eigenvalue weighted by Gasteiger charge is -2.41. The maximum atomic E-state index is 13.3. The number of hydrogen-bond acceptors (Lipinski definition) is 5. The number of methoxy groups -OCH3 is 2. The molecule has 0 spiro atoms. The van der Waals surface area contributed by atoms with Crippen LogP contribution in [0.5, 0.6) is 11.5 Å². The molecule has 31 heavy (non-hydrogen) atoms.